The number of amides is 2. The van der Waals surface area contributed by atoms with Crippen LogP contribution in [0.25, 0.3) is 0 Å². The molecule has 0 saturated carbocycles. The first-order valence-corrected chi connectivity index (χ1v) is 7.02. The topological polar surface area (TPSA) is 69.6 Å². The van der Waals surface area contributed by atoms with Crippen molar-refractivity contribution in [3.8, 4) is 0 Å². The zero-order valence-corrected chi connectivity index (χ0v) is 12.4. The normalized spacial score (nSPS) is 15.4. The Labute approximate surface area is 117 Å². The molecule has 106 valence electrons. The molecular weight excluding hydrogens is 264 g/mol. The fourth-order valence-corrected chi connectivity index (χ4v) is 2.36. The van der Waals surface area contributed by atoms with Gasteiger partial charge in [-0.1, -0.05) is 6.07 Å². The number of urea groups is 1. The summed E-state index contributed by atoms with van der Waals surface area (Å²) in [6.07, 6.45) is 0. The van der Waals surface area contributed by atoms with E-state index >= 15 is 0 Å². The third kappa shape index (κ3) is 3.96. The molecule has 3 atom stereocenters. The molecule has 0 radical (unpaired) electrons. The fraction of sp³-hybridized carbons (Fsp3) is 0.538. The van der Waals surface area contributed by atoms with Crippen LogP contribution >= 0.6 is 11.3 Å². The van der Waals surface area contributed by atoms with Gasteiger partial charge in [0.15, 0.2) is 0 Å². The van der Waals surface area contributed by atoms with Gasteiger partial charge >= 0.3 is 12.0 Å². The Morgan fingerprint density at radius 2 is 2.00 bits per heavy atom. The number of carbonyl (C=O) groups excluding carboxylic acids is 1. The van der Waals surface area contributed by atoms with E-state index in [9.17, 15) is 9.59 Å². The summed E-state index contributed by atoms with van der Waals surface area (Å²) in [5.41, 5.74) is 0. The van der Waals surface area contributed by atoms with Gasteiger partial charge in [0.05, 0.1) is 12.0 Å². The molecule has 0 spiro atoms. The number of rotatable bonds is 5. The van der Waals surface area contributed by atoms with Crippen molar-refractivity contribution in [3.63, 3.8) is 0 Å². The van der Waals surface area contributed by atoms with E-state index in [0.29, 0.717) is 0 Å². The molecule has 1 heterocycles. The van der Waals surface area contributed by atoms with E-state index in [1.807, 2.05) is 24.4 Å². The third-order valence-corrected chi connectivity index (χ3v) is 4.39. The van der Waals surface area contributed by atoms with Gasteiger partial charge in [-0.3, -0.25) is 4.79 Å². The van der Waals surface area contributed by atoms with Gasteiger partial charge in [-0.05, 0) is 32.2 Å². The number of carboxylic acid groups (broad SMARTS) is 1. The highest BCUT2D eigenvalue weighted by molar-refractivity contribution is 7.10. The molecule has 1 aromatic rings. The summed E-state index contributed by atoms with van der Waals surface area (Å²) in [5.74, 6) is -1.53. The standard InChI is InChI=1S/C13H20N2O3S/c1-8(12(16)17)9(2)14-13(18)15(4)10(3)11-6-5-7-19-11/h5-10H,1-4H3,(H,14,18)(H,16,17). The maximum Gasteiger partial charge on any atom is 0.317 e. The van der Waals surface area contributed by atoms with Crippen molar-refractivity contribution in [2.24, 2.45) is 5.92 Å². The second kappa shape index (κ2) is 6.56. The first-order chi connectivity index (χ1) is 8.84. The molecule has 2 N–H and O–H groups in total. The lowest BCUT2D eigenvalue weighted by Crippen LogP contribution is -2.46. The summed E-state index contributed by atoms with van der Waals surface area (Å²) in [5, 5.41) is 13.6. The number of nitrogens with one attached hydrogen (secondary N) is 1. The molecule has 0 fully saturated rings. The van der Waals surface area contributed by atoms with E-state index in [1.54, 1.807) is 37.1 Å². The summed E-state index contributed by atoms with van der Waals surface area (Å²) in [7, 11) is 1.71. The molecular formula is C13H20N2O3S. The largest absolute Gasteiger partial charge is 0.481 e. The minimum atomic E-state index is -0.915. The quantitative estimate of drug-likeness (QED) is 0.873. The monoisotopic (exact) mass is 284 g/mol. The molecule has 3 unspecified atom stereocenters. The van der Waals surface area contributed by atoms with Gasteiger partial charge in [-0.2, -0.15) is 0 Å². The highest BCUT2D eigenvalue weighted by Crippen LogP contribution is 2.23. The fourth-order valence-electron chi connectivity index (χ4n) is 1.53. The molecule has 0 bridgehead atoms. The lowest BCUT2D eigenvalue weighted by Gasteiger charge is -2.27. The van der Waals surface area contributed by atoms with Gasteiger partial charge in [0, 0.05) is 18.0 Å². The Hall–Kier alpha value is -1.56. The highest BCUT2D eigenvalue weighted by atomic mass is 32.1. The van der Waals surface area contributed by atoms with Crippen molar-refractivity contribution in [1.82, 2.24) is 10.2 Å². The van der Waals surface area contributed by atoms with Gasteiger partial charge in [-0.25, -0.2) is 4.79 Å². The smallest absolute Gasteiger partial charge is 0.317 e. The Morgan fingerprint density at radius 1 is 1.37 bits per heavy atom. The lowest BCUT2D eigenvalue weighted by atomic mass is 10.0. The number of carbonyl (C=O) groups is 2. The van der Waals surface area contributed by atoms with E-state index < -0.39 is 17.9 Å². The van der Waals surface area contributed by atoms with E-state index in [1.165, 1.54) is 0 Å². The summed E-state index contributed by atoms with van der Waals surface area (Å²) in [6.45, 7) is 5.22. The molecule has 1 aromatic heterocycles. The van der Waals surface area contributed by atoms with Crippen molar-refractivity contribution in [2.75, 3.05) is 7.05 Å². The first kappa shape index (κ1) is 15.5. The molecule has 0 aliphatic carbocycles. The van der Waals surface area contributed by atoms with Crippen LogP contribution < -0.4 is 5.32 Å². The molecule has 0 aliphatic heterocycles. The van der Waals surface area contributed by atoms with Crippen molar-refractivity contribution < 1.29 is 14.7 Å². The van der Waals surface area contributed by atoms with Crippen LogP contribution in [0.2, 0.25) is 0 Å². The minimum absolute atomic E-state index is 0.0349. The van der Waals surface area contributed by atoms with Gasteiger partial charge in [0.25, 0.3) is 0 Å². The zero-order valence-electron chi connectivity index (χ0n) is 11.6. The van der Waals surface area contributed by atoms with Crippen LogP contribution in [0.3, 0.4) is 0 Å². The zero-order chi connectivity index (χ0) is 14.6. The SMILES string of the molecule is CC(NC(=O)N(C)C(C)c1cccs1)C(C)C(=O)O. The number of aliphatic carboxylic acids is 1. The van der Waals surface area contributed by atoms with Crippen molar-refractivity contribution in [2.45, 2.75) is 32.9 Å². The number of hydrogen-bond donors (Lipinski definition) is 2. The number of carboxylic acids is 1. The number of hydrogen-bond acceptors (Lipinski definition) is 3. The average molecular weight is 284 g/mol. The van der Waals surface area contributed by atoms with Crippen LogP contribution in [0.15, 0.2) is 17.5 Å². The predicted molar refractivity (Wildman–Crippen MR) is 75.3 cm³/mol. The summed E-state index contributed by atoms with van der Waals surface area (Å²) >= 11 is 1.59. The molecule has 0 aliphatic rings. The lowest BCUT2D eigenvalue weighted by molar-refractivity contribution is -0.141. The van der Waals surface area contributed by atoms with Crippen molar-refractivity contribution >= 4 is 23.3 Å². The van der Waals surface area contributed by atoms with Crippen molar-refractivity contribution in [1.29, 1.82) is 0 Å². The molecule has 5 nitrogen and oxygen atoms in total. The van der Waals surface area contributed by atoms with Gasteiger partial charge < -0.3 is 15.3 Å². The Kier molecular flexibility index (Phi) is 5.35. The molecule has 2 amide bonds. The van der Waals surface area contributed by atoms with E-state index in [-0.39, 0.29) is 12.1 Å². The van der Waals surface area contributed by atoms with Crippen LogP contribution in [0, 0.1) is 5.92 Å². The molecule has 1 rings (SSSR count). The van der Waals surface area contributed by atoms with Crippen LogP contribution in [-0.4, -0.2) is 35.1 Å². The molecule has 6 heteroatoms. The van der Waals surface area contributed by atoms with Gasteiger partial charge in [0.1, 0.15) is 0 Å². The third-order valence-electron chi connectivity index (χ3n) is 3.35. The number of thiophene rings is 1. The van der Waals surface area contributed by atoms with E-state index in [4.69, 9.17) is 5.11 Å². The predicted octanol–water partition coefficient (Wildman–Crippen LogP) is 2.56. The van der Waals surface area contributed by atoms with E-state index in [0.717, 1.165) is 4.88 Å². The highest BCUT2D eigenvalue weighted by Gasteiger charge is 2.24. The maximum atomic E-state index is 12.0. The minimum Gasteiger partial charge on any atom is -0.481 e. The maximum absolute atomic E-state index is 12.0. The van der Waals surface area contributed by atoms with Crippen LogP contribution in [-0.2, 0) is 4.79 Å². The first-order valence-electron chi connectivity index (χ1n) is 6.14. The molecule has 0 saturated heterocycles. The Morgan fingerprint density at radius 3 is 2.47 bits per heavy atom. The Balaban J connectivity index is 2.60. The number of nitrogens with zero attached hydrogens (tertiary/aromatic N) is 1. The van der Waals surface area contributed by atoms with Crippen LogP contribution in [0.4, 0.5) is 4.79 Å². The second-order valence-electron chi connectivity index (χ2n) is 4.67. The van der Waals surface area contributed by atoms with Gasteiger partial charge in [-0.15, -0.1) is 11.3 Å². The summed E-state index contributed by atoms with van der Waals surface area (Å²) in [6, 6.07) is 3.21. The van der Waals surface area contributed by atoms with Crippen LogP contribution in [0.5, 0.6) is 0 Å². The van der Waals surface area contributed by atoms with Crippen LogP contribution in [0.1, 0.15) is 31.7 Å². The van der Waals surface area contributed by atoms with E-state index in [2.05, 4.69) is 5.32 Å². The second-order valence-corrected chi connectivity index (χ2v) is 5.65. The van der Waals surface area contributed by atoms with Crippen molar-refractivity contribution in [3.05, 3.63) is 22.4 Å². The Bertz CT molecular complexity index is 433. The molecule has 19 heavy (non-hydrogen) atoms. The van der Waals surface area contributed by atoms with Gasteiger partial charge in [0.2, 0.25) is 0 Å². The summed E-state index contributed by atoms with van der Waals surface area (Å²) in [4.78, 5) is 25.6. The molecule has 0 aromatic carbocycles. The summed E-state index contributed by atoms with van der Waals surface area (Å²) < 4.78 is 0. The average Bonchev–Trinajstić information content (AvgIpc) is 2.89.